The normalized spacial score (nSPS) is 12.4. The van der Waals surface area contributed by atoms with Gasteiger partial charge in [0.1, 0.15) is 5.82 Å². The maximum absolute atomic E-state index is 11.6. The van der Waals surface area contributed by atoms with E-state index in [0.29, 0.717) is 12.2 Å². The van der Waals surface area contributed by atoms with E-state index in [0.717, 1.165) is 12.8 Å². The molecule has 6 nitrogen and oxygen atoms in total. The first kappa shape index (κ1) is 12.6. The maximum Gasteiger partial charge on any atom is 0.291 e. The number of aliphatic hydroxyl groups is 1. The van der Waals surface area contributed by atoms with E-state index in [2.05, 4.69) is 20.5 Å². The highest BCUT2D eigenvalue weighted by Crippen LogP contribution is 1.98. The van der Waals surface area contributed by atoms with Gasteiger partial charge in [-0.2, -0.15) is 0 Å². The number of rotatable bonds is 6. The molecule has 0 aliphatic rings. The molecule has 0 bridgehead atoms. The minimum absolute atomic E-state index is 0.0169. The highest BCUT2D eigenvalue weighted by molar-refractivity contribution is 5.90. The van der Waals surface area contributed by atoms with Gasteiger partial charge in [0.2, 0.25) is 5.82 Å². The third-order valence-corrected chi connectivity index (χ3v) is 2.24. The third-order valence-electron chi connectivity index (χ3n) is 2.24. The topological polar surface area (TPSA) is 90.9 Å². The summed E-state index contributed by atoms with van der Waals surface area (Å²) in [4.78, 5) is 15.7. The fraction of sp³-hybridized carbons (Fsp3) is 0.700. The van der Waals surface area contributed by atoms with Crippen molar-refractivity contribution in [1.29, 1.82) is 0 Å². The van der Waals surface area contributed by atoms with Gasteiger partial charge in [0.25, 0.3) is 5.91 Å². The van der Waals surface area contributed by atoms with Crippen molar-refractivity contribution in [3.05, 3.63) is 11.6 Å². The number of nitrogens with one attached hydrogen (secondary N) is 2. The van der Waals surface area contributed by atoms with Gasteiger partial charge in [0.05, 0.1) is 0 Å². The van der Waals surface area contributed by atoms with E-state index < -0.39 is 0 Å². The summed E-state index contributed by atoms with van der Waals surface area (Å²) in [6.45, 7) is 3.97. The van der Waals surface area contributed by atoms with Crippen LogP contribution in [0, 0.1) is 0 Å². The van der Waals surface area contributed by atoms with Crippen LogP contribution in [0.5, 0.6) is 0 Å². The molecule has 0 aliphatic heterocycles. The first-order valence-electron chi connectivity index (χ1n) is 5.50. The van der Waals surface area contributed by atoms with Gasteiger partial charge in [-0.25, -0.2) is 4.98 Å². The first-order valence-corrected chi connectivity index (χ1v) is 5.50. The maximum atomic E-state index is 11.6. The molecule has 1 heterocycles. The molecule has 0 spiro atoms. The van der Waals surface area contributed by atoms with E-state index in [1.165, 1.54) is 0 Å². The SMILES string of the molecule is CCc1nc(C(=O)NC(C)CCCO)n[nH]1. The van der Waals surface area contributed by atoms with Gasteiger partial charge in [0, 0.05) is 19.1 Å². The zero-order valence-electron chi connectivity index (χ0n) is 9.66. The molecule has 0 saturated carbocycles. The van der Waals surface area contributed by atoms with Crippen LogP contribution in [-0.4, -0.2) is 38.8 Å². The number of hydrogen-bond acceptors (Lipinski definition) is 4. The quantitative estimate of drug-likeness (QED) is 0.648. The summed E-state index contributed by atoms with van der Waals surface area (Å²) in [6.07, 6.45) is 2.14. The van der Waals surface area contributed by atoms with Crippen molar-refractivity contribution >= 4 is 5.91 Å². The van der Waals surface area contributed by atoms with Crippen molar-refractivity contribution < 1.29 is 9.90 Å². The van der Waals surface area contributed by atoms with Gasteiger partial charge in [-0.1, -0.05) is 6.92 Å². The van der Waals surface area contributed by atoms with Crippen molar-refractivity contribution in [3.8, 4) is 0 Å². The van der Waals surface area contributed by atoms with Crippen LogP contribution in [0.15, 0.2) is 0 Å². The molecule has 0 aromatic carbocycles. The summed E-state index contributed by atoms with van der Waals surface area (Å²) in [5.41, 5.74) is 0. The fourth-order valence-corrected chi connectivity index (χ4v) is 1.31. The van der Waals surface area contributed by atoms with Crippen LogP contribution in [0.2, 0.25) is 0 Å². The van der Waals surface area contributed by atoms with Gasteiger partial charge in [0.15, 0.2) is 0 Å². The second-order valence-corrected chi connectivity index (χ2v) is 3.70. The Kier molecular flexibility index (Phi) is 4.91. The van der Waals surface area contributed by atoms with Crippen molar-refractivity contribution in [2.75, 3.05) is 6.61 Å². The zero-order valence-corrected chi connectivity index (χ0v) is 9.66. The number of carbonyl (C=O) groups excluding carboxylic acids is 1. The lowest BCUT2D eigenvalue weighted by atomic mass is 10.2. The number of aromatic nitrogens is 3. The molecular formula is C10H18N4O2. The van der Waals surface area contributed by atoms with Crippen LogP contribution in [0.25, 0.3) is 0 Å². The lowest BCUT2D eigenvalue weighted by molar-refractivity contribution is 0.0926. The van der Waals surface area contributed by atoms with Crippen molar-refractivity contribution in [1.82, 2.24) is 20.5 Å². The predicted molar refractivity (Wildman–Crippen MR) is 59.0 cm³/mol. The van der Waals surface area contributed by atoms with E-state index in [9.17, 15) is 4.79 Å². The van der Waals surface area contributed by atoms with Crippen molar-refractivity contribution in [3.63, 3.8) is 0 Å². The summed E-state index contributed by atoms with van der Waals surface area (Å²) in [6, 6.07) is 0.0169. The van der Waals surface area contributed by atoms with E-state index >= 15 is 0 Å². The van der Waals surface area contributed by atoms with E-state index in [4.69, 9.17) is 5.11 Å². The number of aromatic amines is 1. The number of aryl methyl sites for hydroxylation is 1. The molecule has 6 heteroatoms. The summed E-state index contributed by atoms with van der Waals surface area (Å²) < 4.78 is 0. The second-order valence-electron chi connectivity index (χ2n) is 3.70. The van der Waals surface area contributed by atoms with E-state index in [1.54, 1.807) is 0 Å². The second kappa shape index (κ2) is 6.22. The molecule has 1 atom stereocenters. The molecule has 1 aromatic heterocycles. The Labute approximate surface area is 94.5 Å². The number of amides is 1. The van der Waals surface area contributed by atoms with Gasteiger partial charge in [-0.05, 0) is 19.8 Å². The Hall–Kier alpha value is -1.43. The predicted octanol–water partition coefficient (Wildman–Crippen LogP) is 0.258. The van der Waals surface area contributed by atoms with E-state index in [-0.39, 0.29) is 24.4 Å². The molecule has 0 saturated heterocycles. The lowest BCUT2D eigenvalue weighted by Gasteiger charge is -2.11. The Morgan fingerprint density at radius 2 is 2.38 bits per heavy atom. The average Bonchev–Trinajstić information content (AvgIpc) is 2.74. The Bertz CT molecular complexity index is 337. The molecule has 1 unspecified atom stereocenters. The molecule has 0 aliphatic carbocycles. The molecular weight excluding hydrogens is 208 g/mol. The Morgan fingerprint density at radius 1 is 1.62 bits per heavy atom. The molecule has 90 valence electrons. The van der Waals surface area contributed by atoms with Gasteiger partial charge < -0.3 is 10.4 Å². The molecule has 0 fully saturated rings. The van der Waals surface area contributed by atoms with Crippen LogP contribution in [0.1, 0.15) is 43.1 Å². The van der Waals surface area contributed by atoms with Crippen molar-refractivity contribution in [2.45, 2.75) is 39.2 Å². The smallest absolute Gasteiger partial charge is 0.291 e. The minimum Gasteiger partial charge on any atom is -0.396 e. The lowest BCUT2D eigenvalue weighted by Crippen LogP contribution is -2.33. The van der Waals surface area contributed by atoms with Crippen LogP contribution in [-0.2, 0) is 6.42 Å². The number of nitrogens with zero attached hydrogens (tertiary/aromatic N) is 2. The zero-order chi connectivity index (χ0) is 12.0. The monoisotopic (exact) mass is 226 g/mol. The minimum atomic E-state index is -0.276. The summed E-state index contributed by atoms with van der Waals surface area (Å²) in [7, 11) is 0. The highest BCUT2D eigenvalue weighted by atomic mass is 16.3. The first-order chi connectivity index (χ1) is 7.67. The van der Waals surface area contributed by atoms with Gasteiger partial charge in [-0.3, -0.25) is 9.89 Å². The molecule has 1 amide bonds. The van der Waals surface area contributed by atoms with Crippen LogP contribution in [0.4, 0.5) is 0 Å². The molecule has 3 N–H and O–H groups in total. The summed E-state index contributed by atoms with van der Waals surface area (Å²) in [5.74, 6) is 0.599. The molecule has 1 rings (SSSR count). The number of hydrogen-bond donors (Lipinski definition) is 3. The Balaban J connectivity index is 2.45. The summed E-state index contributed by atoms with van der Waals surface area (Å²) >= 11 is 0. The fourth-order valence-electron chi connectivity index (χ4n) is 1.31. The number of H-pyrrole nitrogens is 1. The number of carbonyl (C=O) groups is 1. The average molecular weight is 226 g/mol. The van der Waals surface area contributed by atoms with Crippen LogP contribution < -0.4 is 5.32 Å². The standard InChI is InChI=1S/C10H18N4O2/c1-3-8-12-9(14-13-8)10(16)11-7(2)5-4-6-15/h7,15H,3-6H2,1-2H3,(H,11,16)(H,12,13,14). The van der Waals surface area contributed by atoms with Crippen molar-refractivity contribution in [2.24, 2.45) is 0 Å². The summed E-state index contributed by atoms with van der Waals surface area (Å²) in [5, 5.41) is 17.9. The van der Waals surface area contributed by atoms with Gasteiger partial charge >= 0.3 is 0 Å². The third kappa shape index (κ3) is 3.62. The number of aliphatic hydroxyl groups excluding tert-OH is 1. The molecule has 1 aromatic rings. The highest BCUT2D eigenvalue weighted by Gasteiger charge is 2.13. The largest absolute Gasteiger partial charge is 0.396 e. The van der Waals surface area contributed by atoms with Crippen LogP contribution >= 0.6 is 0 Å². The van der Waals surface area contributed by atoms with Crippen LogP contribution in [0.3, 0.4) is 0 Å². The molecule has 16 heavy (non-hydrogen) atoms. The van der Waals surface area contributed by atoms with E-state index in [1.807, 2.05) is 13.8 Å². The van der Waals surface area contributed by atoms with Gasteiger partial charge in [-0.15, -0.1) is 5.10 Å². The molecule has 0 radical (unpaired) electrons. The Morgan fingerprint density at radius 3 is 2.94 bits per heavy atom.